The van der Waals surface area contributed by atoms with Gasteiger partial charge in [-0.3, -0.25) is 0 Å². The third-order valence-electron chi connectivity index (χ3n) is 2.70. The van der Waals surface area contributed by atoms with Crippen molar-refractivity contribution in [3.05, 3.63) is 44.7 Å². The van der Waals surface area contributed by atoms with E-state index in [2.05, 4.69) is 33.1 Å². The van der Waals surface area contributed by atoms with Crippen molar-refractivity contribution in [1.82, 2.24) is 10.6 Å². The summed E-state index contributed by atoms with van der Waals surface area (Å²) in [5.74, 6) is -0.376. The Morgan fingerprint density at radius 3 is 3.00 bits per heavy atom. The van der Waals surface area contributed by atoms with Gasteiger partial charge in [-0.1, -0.05) is 12.7 Å². The molecule has 4 nitrogen and oxygen atoms in total. The molecule has 1 aliphatic rings. The van der Waals surface area contributed by atoms with E-state index >= 15 is 0 Å². The second kappa shape index (κ2) is 6.51. The summed E-state index contributed by atoms with van der Waals surface area (Å²) in [5, 5.41) is 6.57. The van der Waals surface area contributed by atoms with E-state index in [1.54, 1.807) is 17.4 Å². The molecule has 0 aliphatic carbocycles. The van der Waals surface area contributed by atoms with E-state index in [0.29, 0.717) is 16.4 Å². The Balaban J connectivity index is 2.36. The van der Waals surface area contributed by atoms with Gasteiger partial charge in [0.1, 0.15) is 6.61 Å². The molecule has 0 saturated heterocycles. The second-order valence-corrected chi connectivity index (χ2v) is 7.00. The third-order valence-corrected chi connectivity index (χ3v) is 4.61. The first-order valence-electron chi connectivity index (χ1n) is 5.84. The van der Waals surface area contributed by atoms with Crippen molar-refractivity contribution in [2.75, 3.05) is 6.61 Å². The summed E-state index contributed by atoms with van der Waals surface area (Å²) in [7, 11) is 0. The van der Waals surface area contributed by atoms with Gasteiger partial charge in [0.05, 0.1) is 15.4 Å². The number of halogens is 1. The number of ether oxygens (including phenoxy) is 1. The van der Waals surface area contributed by atoms with Gasteiger partial charge in [-0.2, -0.15) is 0 Å². The highest BCUT2D eigenvalue weighted by molar-refractivity contribution is 9.11. The van der Waals surface area contributed by atoms with E-state index in [4.69, 9.17) is 17.0 Å². The molecule has 0 spiro atoms. The molecule has 7 heteroatoms. The first-order valence-corrected chi connectivity index (χ1v) is 7.86. The standard InChI is InChI=1S/C13H13BrN2O2S2/c1-3-6-18-12(17)10-7(2)15-13(19)16-11(10)8-4-5-9(14)20-8/h3-5,11H,1,6H2,2H3,(H2,15,16,19)/t11-/m0/s1. The molecule has 0 amide bonds. The average molecular weight is 373 g/mol. The minimum Gasteiger partial charge on any atom is -0.458 e. The van der Waals surface area contributed by atoms with E-state index in [0.717, 1.165) is 8.66 Å². The van der Waals surface area contributed by atoms with Crippen molar-refractivity contribution >= 4 is 50.6 Å². The fraction of sp³-hybridized carbons (Fsp3) is 0.231. The normalized spacial score (nSPS) is 18.3. The maximum absolute atomic E-state index is 12.2. The monoisotopic (exact) mass is 372 g/mol. The van der Waals surface area contributed by atoms with Crippen molar-refractivity contribution in [3.8, 4) is 0 Å². The number of nitrogens with one attached hydrogen (secondary N) is 2. The van der Waals surface area contributed by atoms with Gasteiger partial charge in [0, 0.05) is 10.6 Å². The Bertz CT molecular complexity index is 595. The zero-order valence-electron chi connectivity index (χ0n) is 10.7. The molecular formula is C13H13BrN2O2S2. The van der Waals surface area contributed by atoms with E-state index < -0.39 is 0 Å². The Hall–Kier alpha value is -1.18. The molecule has 0 fully saturated rings. The lowest BCUT2D eigenvalue weighted by atomic mass is 10.0. The lowest BCUT2D eigenvalue weighted by Gasteiger charge is -2.28. The van der Waals surface area contributed by atoms with E-state index in [-0.39, 0.29) is 18.6 Å². The van der Waals surface area contributed by atoms with Crippen molar-refractivity contribution in [2.24, 2.45) is 0 Å². The zero-order valence-corrected chi connectivity index (χ0v) is 14.0. The Morgan fingerprint density at radius 2 is 2.40 bits per heavy atom. The summed E-state index contributed by atoms with van der Waals surface area (Å²) in [6.07, 6.45) is 1.54. The number of esters is 1. The van der Waals surface area contributed by atoms with E-state index in [1.807, 2.05) is 19.1 Å². The van der Waals surface area contributed by atoms with Gasteiger partial charge in [-0.15, -0.1) is 11.3 Å². The first kappa shape index (κ1) is 15.2. The van der Waals surface area contributed by atoms with Crippen LogP contribution in [-0.4, -0.2) is 17.7 Å². The van der Waals surface area contributed by atoms with Crippen LogP contribution in [-0.2, 0) is 9.53 Å². The van der Waals surface area contributed by atoms with Crippen LogP contribution in [0.15, 0.2) is 39.8 Å². The molecule has 1 aromatic rings. The van der Waals surface area contributed by atoms with Crippen LogP contribution < -0.4 is 10.6 Å². The molecule has 0 radical (unpaired) electrons. The Labute approximate surface area is 135 Å². The molecule has 1 aliphatic heterocycles. The largest absolute Gasteiger partial charge is 0.458 e. The molecule has 1 aromatic heterocycles. The summed E-state index contributed by atoms with van der Waals surface area (Å²) < 4.78 is 6.15. The van der Waals surface area contributed by atoms with Crippen molar-refractivity contribution in [3.63, 3.8) is 0 Å². The van der Waals surface area contributed by atoms with E-state index in [1.165, 1.54) is 0 Å². The molecule has 2 N–H and O–H groups in total. The Kier molecular flexibility index (Phi) is 4.95. The van der Waals surface area contributed by atoms with Crippen LogP contribution in [0.25, 0.3) is 0 Å². The average Bonchev–Trinajstić information content (AvgIpc) is 2.81. The number of rotatable bonds is 4. The summed E-state index contributed by atoms with van der Waals surface area (Å²) >= 11 is 10.1. The van der Waals surface area contributed by atoms with Crippen LogP contribution in [0, 0.1) is 0 Å². The number of carbonyl (C=O) groups excluding carboxylic acids is 1. The van der Waals surface area contributed by atoms with Gasteiger partial charge in [-0.25, -0.2) is 4.79 Å². The third kappa shape index (κ3) is 3.28. The molecule has 0 unspecified atom stereocenters. The maximum atomic E-state index is 12.2. The van der Waals surface area contributed by atoms with Crippen molar-refractivity contribution in [2.45, 2.75) is 13.0 Å². The number of hydrogen-bond donors (Lipinski definition) is 2. The lowest BCUT2D eigenvalue weighted by Crippen LogP contribution is -2.44. The summed E-state index contributed by atoms with van der Waals surface area (Å²) in [4.78, 5) is 13.2. The summed E-state index contributed by atoms with van der Waals surface area (Å²) in [6, 6.07) is 3.60. The first-order chi connectivity index (χ1) is 9.52. The molecule has 0 aromatic carbocycles. The highest BCUT2D eigenvalue weighted by Crippen LogP contribution is 2.34. The molecule has 1 atom stereocenters. The number of hydrogen-bond acceptors (Lipinski definition) is 4. The quantitative estimate of drug-likeness (QED) is 0.483. The number of thiocarbonyl (C=S) groups is 1. The highest BCUT2D eigenvalue weighted by Gasteiger charge is 2.31. The lowest BCUT2D eigenvalue weighted by molar-refractivity contribution is -0.138. The molecule has 2 heterocycles. The highest BCUT2D eigenvalue weighted by atomic mass is 79.9. The van der Waals surface area contributed by atoms with Gasteiger partial charge in [0.25, 0.3) is 0 Å². The molecule has 20 heavy (non-hydrogen) atoms. The molecular weight excluding hydrogens is 360 g/mol. The van der Waals surface area contributed by atoms with Crippen LogP contribution in [0.3, 0.4) is 0 Å². The molecule has 106 valence electrons. The van der Waals surface area contributed by atoms with Crippen LogP contribution in [0.1, 0.15) is 17.8 Å². The molecule has 2 rings (SSSR count). The van der Waals surface area contributed by atoms with Gasteiger partial charge >= 0.3 is 5.97 Å². The predicted molar refractivity (Wildman–Crippen MR) is 87.5 cm³/mol. The van der Waals surface area contributed by atoms with Gasteiger partial charge < -0.3 is 15.4 Å². The summed E-state index contributed by atoms with van der Waals surface area (Å²) in [6.45, 7) is 5.53. The van der Waals surface area contributed by atoms with Crippen LogP contribution in [0.5, 0.6) is 0 Å². The topological polar surface area (TPSA) is 50.4 Å². The minimum absolute atomic E-state index is 0.181. The molecule has 0 bridgehead atoms. The zero-order chi connectivity index (χ0) is 14.7. The van der Waals surface area contributed by atoms with E-state index in [9.17, 15) is 4.79 Å². The van der Waals surface area contributed by atoms with Crippen LogP contribution in [0.4, 0.5) is 0 Å². The fourth-order valence-electron chi connectivity index (χ4n) is 1.87. The van der Waals surface area contributed by atoms with Crippen molar-refractivity contribution in [1.29, 1.82) is 0 Å². The van der Waals surface area contributed by atoms with Gasteiger partial charge in [0.2, 0.25) is 0 Å². The maximum Gasteiger partial charge on any atom is 0.338 e. The second-order valence-electron chi connectivity index (χ2n) is 4.10. The molecule has 0 saturated carbocycles. The minimum atomic E-state index is -0.376. The predicted octanol–water partition coefficient (Wildman–Crippen LogP) is 3.03. The summed E-state index contributed by atoms with van der Waals surface area (Å²) in [5.41, 5.74) is 1.24. The number of thiophene rings is 1. The SMILES string of the molecule is C=CCOC(=O)C1=C(C)NC(=S)N[C@H]1c1ccc(Br)s1. The van der Waals surface area contributed by atoms with Crippen molar-refractivity contribution < 1.29 is 9.53 Å². The van der Waals surface area contributed by atoms with Gasteiger partial charge in [-0.05, 0) is 47.2 Å². The number of carbonyl (C=O) groups is 1. The van der Waals surface area contributed by atoms with Crippen LogP contribution >= 0.6 is 39.5 Å². The smallest absolute Gasteiger partial charge is 0.338 e. The van der Waals surface area contributed by atoms with Crippen LogP contribution in [0.2, 0.25) is 0 Å². The fourth-order valence-corrected chi connectivity index (χ4v) is 3.63. The number of allylic oxidation sites excluding steroid dienone is 1. The van der Waals surface area contributed by atoms with Gasteiger partial charge in [0.15, 0.2) is 5.11 Å². The Morgan fingerprint density at radius 1 is 1.65 bits per heavy atom.